The standard InChI is InChI=1S/C14H26O8/c1-3-5-7-21-13(19)11(17)9(15)10(16)12(18)14(20)22-8-6-4-2/h9-12,15-18H,3-8H2,1-2H3. The van der Waals surface area contributed by atoms with Gasteiger partial charge in [-0.2, -0.15) is 0 Å². The third-order valence-electron chi connectivity index (χ3n) is 2.96. The molecule has 22 heavy (non-hydrogen) atoms. The molecule has 0 aliphatic carbocycles. The van der Waals surface area contributed by atoms with Gasteiger partial charge in [0.2, 0.25) is 0 Å². The number of esters is 2. The average molecular weight is 322 g/mol. The van der Waals surface area contributed by atoms with Crippen molar-refractivity contribution in [3.05, 3.63) is 0 Å². The van der Waals surface area contributed by atoms with Crippen LogP contribution in [-0.2, 0) is 19.1 Å². The van der Waals surface area contributed by atoms with Gasteiger partial charge in [-0.3, -0.25) is 0 Å². The number of carbonyl (C=O) groups is 2. The van der Waals surface area contributed by atoms with Crippen LogP contribution in [-0.4, -0.2) is 70.0 Å². The Hall–Kier alpha value is -1.22. The van der Waals surface area contributed by atoms with Crippen molar-refractivity contribution < 1.29 is 39.5 Å². The summed E-state index contributed by atoms with van der Waals surface area (Å²) in [5.41, 5.74) is 0. The molecule has 0 saturated heterocycles. The zero-order chi connectivity index (χ0) is 17.1. The van der Waals surface area contributed by atoms with Crippen molar-refractivity contribution in [1.29, 1.82) is 0 Å². The quantitative estimate of drug-likeness (QED) is 0.284. The summed E-state index contributed by atoms with van der Waals surface area (Å²) in [6, 6.07) is 0. The van der Waals surface area contributed by atoms with E-state index in [-0.39, 0.29) is 13.2 Å². The highest BCUT2D eigenvalue weighted by Gasteiger charge is 2.38. The minimum absolute atomic E-state index is 0.0663. The van der Waals surface area contributed by atoms with E-state index in [0.717, 1.165) is 12.8 Å². The number of carbonyl (C=O) groups excluding carboxylic acids is 2. The summed E-state index contributed by atoms with van der Waals surface area (Å²) in [6.45, 7) is 3.89. The monoisotopic (exact) mass is 322 g/mol. The van der Waals surface area contributed by atoms with Crippen LogP contribution in [0.15, 0.2) is 0 Å². The SMILES string of the molecule is CCCCOC(=O)C(O)C(O)C(O)C(O)C(=O)OCCCC. The number of unbranched alkanes of at least 4 members (excludes halogenated alkanes) is 2. The highest BCUT2D eigenvalue weighted by atomic mass is 16.6. The van der Waals surface area contributed by atoms with Crippen molar-refractivity contribution in [3.8, 4) is 0 Å². The molecule has 0 rings (SSSR count). The predicted octanol–water partition coefficient (Wildman–Crippen LogP) is -0.883. The fourth-order valence-electron chi connectivity index (χ4n) is 1.46. The predicted molar refractivity (Wildman–Crippen MR) is 75.8 cm³/mol. The zero-order valence-electron chi connectivity index (χ0n) is 13.0. The molecule has 0 saturated carbocycles. The summed E-state index contributed by atoms with van der Waals surface area (Å²) < 4.78 is 9.35. The molecular formula is C14H26O8. The Kier molecular flexibility index (Phi) is 10.7. The van der Waals surface area contributed by atoms with Crippen molar-refractivity contribution in [2.45, 2.75) is 63.9 Å². The second kappa shape index (κ2) is 11.4. The van der Waals surface area contributed by atoms with E-state index in [9.17, 15) is 30.0 Å². The molecule has 0 aromatic heterocycles. The summed E-state index contributed by atoms with van der Waals surface area (Å²) in [5.74, 6) is -2.27. The van der Waals surface area contributed by atoms with E-state index in [2.05, 4.69) is 9.47 Å². The van der Waals surface area contributed by atoms with E-state index in [1.807, 2.05) is 13.8 Å². The van der Waals surface area contributed by atoms with Crippen LogP contribution in [0.25, 0.3) is 0 Å². The van der Waals surface area contributed by atoms with Gasteiger partial charge in [0.25, 0.3) is 0 Å². The average Bonchev–Trinajstić information content (AvgIpc) is 2.52. The first-order valence-corrected chi connectivity index (χ1v) is 7.42. The molecule has 130 valence electrons. The van der Waals surface area contributed by atoms with E-state index >= 15 is 0 Å². The third-order valence-corrected chi connectivity index (χ3v) is 2.96. The zero-order valence-corrected chi connectivity index (χ0v) is 13.0. The van der Waals surface area contributed by atoms with Gasteiger partial charge in [-0.05, 0) is 12.8 Å². The second-order valence-corrected chi connectivity index (χ2v) is 4.91. The Bertz CT molecular complexity index is 301. The fraction of sp³-hybridized carbons (Fsp3) is 0.857. The molecule has 0 heterocycles. The van der Waals surface area contributed by atoms with E-state index in [4.69, 9.17) is 0 Å². The lowest BCUT2D eigenvalue weighted by atomic mass is 10.0. The number of aliphatic hydroxyl groups excluding tert-OH is 4. The molecule has 0 aromatic rings. The number of hydrogen-bond donors (Lipinski definition) is 4. The van der Waals surface area contributed by atoms with Crippen LogP contribution in [0.1, 0.15) is 39.5 Å². The van der Waals surface area contributed by atoms with E-state index in [1.165, 1.54) is 0 Å². The topological polar surface area (TPSA) is 134 Å². The van der Waals surface area contributed by atoms with Crippen LogP contribution in [0.5, 0.6) is 0 Å². The molecule has 4 unspecified atom stereocenters. The van der Waals surface area contributed by atoms with Crippen molar-refractivity contribution in [3.63, 3.8) is 0 Å². The molecule has 4 atom stereocenters. The number of rotatable bonds is 11. The van der Waals surface area contributed by atoms with Crippen LogP contribution in [0.4, 0.5) is 0 Å². The minimum Gasteiger partial charge on any atom is -0.464 e. The Labute approximate surface area is 129 Å². The van der Waals surface area contributed by atoms with Crippen LogP contribution in [0.3, 0.4) is 0 Å². The molecular weight excluding hydrogens is 296 g/mol. The van der Waals surface area contributed by atoms with Gasteiger partial charge in [-0.25, -0.2) is 9.59 Å². The lowest BCUT2D eigenvalue weighted by Crippen LogP contribution is -2.50. The van der Waals surface area contributed by atoms with Crippen LogP contribution in [0.2, 0.25) is 0 Å². The lowest BCUT2D eigenvalue weighted by molar-refractivity contribution is -0.179. The normalized spacial score (nSPS) is 16.5. The highest BCUT2D eigenvalue weighted by Crippen LogP contribution is 2.09. The molecule has 0 bridgehead atoms. The van der Waals surface area contributed by atoms with Gasteiger partial charge in [-0.1, -0.05) is 26.7 Å². The Morgan fingerprint density at radius 1 is 0.773 bits per heavy atom. The summed E-state index contributed by atoms with van der Waals surface area (Å²) >= 11 is 0. The first-order chi connectivity index (χ1) is 10.4. The number of ether oxygens (including phenoxy) is 2. The lowest BCUT2D eigenvalue weighted by Gasteiger charge is -2.24. The summed E-state index contributed by atoms with van der Waals surface area (Å²) in [4.78, 5) is 22.9. The molecule has 0 spiro atoms. The maximum Gasteiger partial charge on any atom is 0.337 e. The van der Waals surface area contributed by atoms with E-state index in [1.54, 1.807) is 0 Å². The van der Waals surface area contributed by atoms with Gasteiger partial charge in [0, 0.05) is 0 Å². The summed E-state index contributed by atoms with van der Waals surface area (Å²) in [5, 5.41) is 38.4. The summed E-state index contributed by atoms with van der Waals surface area (Å²) in [6.07, 6.45) is -5.54. The molecule has 0 fully saturated rings. The van der Waals surface area contributed by atoms with Gasteiger partial charge in [-0.15, -0.1) is 0 Å². The molecule has 8 heteroatoms. The molecule has 0 aromatic carbocycles. The van der Waals surface area contributed by atoms with Gasteiger partial charge >= 0.3 is 11.9 Å². The minimum atomic E-state index is -2.07. The van der Waals surface area contributed by atoms with E-state index in [0.29, 0.717) is 12.8 Å². The van der Waals surface area contributed by atoms with Gasteiger partial charge < -0.3 is 29.9 Å². The molecule has 8 nitrogen and oxygen atoms in total. The van der Waals surface area contributed by atoms with Crippen LogP contribution in [0, 0.1) is 0 Å². The van der Waals surface area contributed by atoms with Gasteiger partial charge in [0.1, 0.15) is 12.2 Å². The maximum absolute atomic E-state index is 11.4. The molecule has 4 N–H and O–H groups in total. The Morgan fingerprint density at radius 2 is 1.09 bits per heavy atom. The van der Waals surface area contributed by atoms with Crippen LogP contribution >= 0.6 is 0 Å². The molecule has 0 radical (unpaired) electrons. The van der Waals surface area contributed by atoms with Crippen molar-refractivity contribution in [2.75, 3.05) is 13.2 Å². The van der Waals surface area contributed by atoms with Crippen molar-refractivity contribution >= 4 is 11.9 Å². The Balaban J connectivity index is 4.39. The van der Waals surface area contributed by atoms with Gasteiger partial charge in [0.15, 0.2) is 12.2 Å². The number of aliphatic hydroxyl groups is 4. The second-order valence-electron chi connectivity index (χ2n) is 4.91. The molecule has 0 aliphatic rings. The van der Waals surface area contributed by atoms with Crippen molar-refractivity contribution in [1.82, 2.24) is 0 Å². The third kappa shape index (κ3) is 7.17. The first kappa shape index (κ1) is 20.8. The highest BCUT2D eigenvalue weighted by molar-refractivity contribution is 5.77. The largest absolute Gasteiger partial charge is 0.464 e. The van der Waals surface area contributed by atoms with Crippen LogP contribution < -0.4 is 0 Å². The van der Waals surface area contributed by atoms with Crippen molar-refractivity contribution in [2.24, 2.45) is 0 Å². The number of hydrogen-bond acceptors (Lipinski definition) is 8. The van der Waals surface area contributed by atoms with E-state index < -0.39 is 36.4 Å². The molecule has 0 aliphatic heterocycles. The smallest absolute Gasteiger partial charge is 0.337 e. The first-order valence-electron chi connectivity index (χ1n) is 7.42. The summed E-state index contributed by atoms with van der Waals surface area (Å²) in [7, 11) is 0. The Morgan fingerprint density at radius 3 is 1.36 bits per heavy atom. The maximum atomic E-state index is 11.4. The van der Waals surface area contributed by atoms with Gasteiger partial charge in [0.05, 0.1) is 13.2 Å². The fourth-order valence-corrected chi connectivity index (χ4v) is 1.46. The molecule has 0 amide bonds.